The van der Waals surface area contributed by atoms with E-state index < -0.39 is 11.8 Å². The quantitative estimate of drug-likeness (QED) is 0.126. The molecule has 0 bridgehead atoms. The van der Waals surface area contributed by atoms with Crippen molar-refractivity contribution in [3.63, 3.8) is 0 Å². The van der Waals surface area contributed by atoms with Gasteiger partial charge in [-0.3, -0.25) is 14.4 Å². The molecular weight excluding hydrogens is 536 g/mol. The maximum atomic E-state index is 12.3. The van der Waals surface area contributed by atoms with Crippen molar-refractivity contribution in [2.24, 2.45) is 5.10 Å². The minimum Gasteiger partial charge on any atom is -0.490 e. The van der Waals surface area contributed by atoms with Gasteiger partial charge in [0.1, 0.15) is 12.4 Å². The molecule has 0 aliphatic carbocycles. The van der Waals surface area contributed by atoms with E-state index in [1.165, 1.54) is 6.21 Å². The van der Waals surface area contributed by atoms with Gasteiger partial charge in [0.2, 0.25) is 0 Å². The average Bonchev–Trinajstić information content (AvgIpc) is 2.94. The summed E-state index contributed by atoms with van der Waals surface area (Å²) in [6.07, 6.45) is 2.96. The van der Waals surface area contributed by atoms with Gasteiger partial charge in [-0.15, -0.1) is 0 Å². The number of nitrogens with zero attached hydrogens (tertiary/aromatic N) is 1. The fraction of sp³-hybridized carbons (Fsp3) is 0.172. The van der Waals surface area contributed by atoms with Gasteiger partial charge in [0.25, 0.3) is 5.91 Å². The van der Waals surface area contributed by atoms with Crippen LogP contribution in [0.25, 0.3) is 0 Å². The zero-order valence-electron chi connectivity index (χ0n) is 22.0. The molecule has 0 radical (unpaired) electrons. The lowest BCUT2D eigenvalue weighted by Gasteiger charge is -2.13. The average molecular weight is 565 g/mol. The van der Waals surface area contributed by atoms with Crippen LogP contribution < -0.4 is 30.3 Å². The lowest BCUT2D eigenvalue weighted by atomic mass is 10.2. The number of carbonyl (C=O) groups is 3. The fourth-order valence-electron chi connectivity index (χ4n) is 3.20. The summed E-state index contributed by atoms with van der Waals surface area (Å²) in [5.74, 6) is -0.879. The van der Waals surface area contributed by atoms with Crippen molar-refractivity contribution in [3.8, 4) is 17.2 Å². The number of aryl methyl sites for hydroxylation is 1. The molecule has 0 heterocycles. The zero-order valence-corrected chi connectivity index (χ0v) is 22.8. The fourth-order valence-corrected chi connectivity index (χ4v) is 3.38. The maximum absolute atomic E-state index is 12.3. The Balaban J connectivity index is 1.53. The van der Waals surface area contributed by atoms with E-state index in [9.17, 15) is 14.4 Å². The van der Waals surface area contributed by atoms with Gasteiger partial charge in [0.15, 0.2) is 18.1 Å². The topological polar surface area (TPSA) is 127 Å². The number of nitrogens with one attached hydrogen (secondary N) is 3. The van der Waals surface area contributed by atoms with Gasteiger partial charge in [-0.1, -0.05) is 30.3 Å². The third-order valence-electron chi connectivity index (χ3n) is 5.15. The summed E-state index contributed by atoms with van der Waals surface area (Å²) >= 11 is 6.10. The molecule has 0 fully saturated rings. The lowest BCUT2D eigenvalue weighted by Crippen LogP contribution is -2.32. The van der Waals surface area contributed by atoms with Crippen LogP contribution in [0, 0.1) is 6.92 Å². The van der Waals surface area contributed by atoms with Crippen molar-refractivity contribution >= 4 is 46.9 Å². The first kappa shape index (κ1) is 29.7. The van der Waals surface area contributed by atoms with Crippen LogP contribution in [0.15, 0.2) is 78.4 Å². The van der Waals surface area contributed by atoms with E-state index >= 15 is 0 Å². The van der Waals surface area contributed by atoms with E-state index in [1.54, 1.807) is 73.7 Å². The molecule has 0 unspecified atom stereocenters. The van der Waals surface area contributed by atoms with Crippen LogP contribution in [0.4, 0.5) is 11.4 Å². The molecule has 0 saturated heterocycles. The Hall–Kier alpha value is -4.83. The molecular formula is C29H29ClN4O6. The highest BCUT2D eigenvalue weighted by atomic mass is 35.5. The van der Waals surface area contributed by atoms with Crippen LogP contribution in [0.5, 0.6) is 17.2 Å². The first-order valence-corrected chi connectivity index (χ1v) is 12.6. The second-order valence-electron chi connectivity index (χ2n) is 8.22. The van der Waals surface area contributed by atoms with Crippen molar-refractivity contribution in [3.05, 3.63) is 89.5 Å². The normalized spacial score (nSPS) is 10.5. The summed E-state index contributed by atoms with van der Waals surface area (Å²) in [5.41, 5.74) is 4.62. The summed E-state index contributed by atoms with van der Waals surface area (Å²) in [6.45, 7) is 7.70. The van der Waals surface area contributed by atoms with Crippen molar-refractivity contribution < 1.29 is 28.6 Å². The summed E-state index contributed by atoms with van der Waals surface area (Å²) in [7, 11) is 0. The van der Waals surface area contributed by atoms with Crippen molar-refractivity contribution in [1.29, 1.82) is 0 Å². The lowest BCUT2D eigenvalue weighted by molar-refractivity contribution is -0.136. The van der Waals surface area contributed by atoms with Gasteiger partial charge in [-0.05, 0) is 79.6 Å². The Morgan fingerprint density at radius 2 is 1.65 bits per heavy atom. The molecule has 0 spiro atoms. The Morgan fingerprint density at radius 1 is 0.900 bits per heavy atom. The number of carbonyl (C=O) groups excluding carboxylic acids is 3. The van der Waals surface area contributed by atoms with Crippen LogP contribution in [-0.4, -0.2) is 43.8 Å². The number of benzene rings is 3. The van der Waals surface area contributed by atoms with Crippen LogP contribution in [0.3, 0.4) is 0 Å². The van der Waals surface area contributed by atoms with Crippen molar-refractivity contribution in [1.82, 2.24) is 5.43 Å². The molecule has 3 N–H and O–H groups in total. The molecule has 3 amide bonds. The van der Waals surface area contributed by atoms with Gasteiger partial charge in [0, 0.05) is 16.4 Å². The number of anilines is 2. The predicted octanol–water partition coefficient (Wildman–Crippen LogP) is 4.72. The largest absolute Gasteiger partial charge is 0.490 e. The molecule has 0 aromatic heterocycles. The standard InChI is InChI=1S/C29H29ClN4O6/c1-4-14-39-23-11-9-21(10-12-23)33-28(36)29(37)34-31-17-20-7-13-25(26(15-20)38-5-2)40-18-27(35)32-22-8-6-19(3)24(30)16-22/h4,6-13,15-17H,1,5,14,18H2,2-3H3,(H,32,35)(H,33,36)(H,34,37)/b31-17-. The van der Waals surface area contributed by atoms with Crippen molar-refractivity contribution in [2.45, 2.75) is 13.8 Å². The first-order chi connectivity index (χ1) is 19.3. The summed E-state index contributed by atoms with van der Waals surface area (Å²) in [5, 5.41) is 9.58. The Morgan fingerprint density at radius 3 is 2.35 bits per heavy atom. The van der Waals surface area contributed by atoms with Crippen LogP contribution in [-0.2, 0) is 14.4 Å². The molecule has 0 aliphatic heterocycles. The molecule has 0 saturated carbocycles. The molecule has 11 heteroatoms. The molecule has 0 atom stereocenters. The van der Waals surface area contributed by atoms with Gasteiger partial charge in [-0.2, -0.15) is 5.10 Å². The number of amides is 3. The molecule has 3 aromatic rings. The molecule has 0 aliphatic rings. The van der Waals surface area contributed by atoms with Gasteiger partial charge in [-0.25, -0.2) is 5.43 Å². The summed E-state index contributed by atoms with van der Waals surface area (Å²) < 4.78 is 16.6. The highest BCUT2D eigenvalue weighted by Crippen LogP contribution is 2.28. The van der Waals surface area contributed by atoms with Crippen molar-refractivity contribution in [2.75, 3.05) is 30.5 Å². The Labute approximate surface area is 237 Å². The highest BCUT2D eigenvalue weighted by Gasteiger charge is 2.13. The van der Waals surface area contributed by atoms with Gasteiger partial charge in [0.05, 0.1) is 12.8 Å². The maximum Gasteiger partial charge on any atom is 0.329 e. The molecule has 3 rings (SSSR count). The predicted molar refractivity (Wildman–Crippen MR) is 154 cm³/mol. The van der Waals surface area contributed by atoms with E-state index in [4.69, 9.17) is 25.8 Å². The van der Waals surface area contributed by atoms with Gasteiger partial charge < -0.3 is 24.8 Å². The van der Waals surface area contributed by atoms with Crippen LogP contribution >= 0.6 is 11.6 Å². The minimum atomic E-state index is -0.950. The Kier molecular flexibility index (Phi) is 11.1. The number of hydrogen-bond donors (Lipinski definition) is 3. The third-order valence-corrected chi connectivity index (χ3v) is 5.56. The van der Waals surface area contributed by atoms with Gasteiger partial charge >= 0.3 is 11.8 Å². The van der Waals surface area contributed by atoms with E-state index in [2.05, 4.69) is 27.7 Å². The second kappa shape index (κ2) is 14.9. The third kappa shape index (κ3) is 9.17. The summed E-state index contributed by atoms with van der Waals surface area (Å²) in [4.78, 5) is 36.6. The number of halogens is 1. The number of hydrogen-bond acceptors (Lipinski definition) is 7. The SMILES string of the molecule is C=CCOc1ccc(NC(=O)C(=O)N/N=C\c2ccc(OCC(=O)Nc3ccc(C)c(Cl)c3)c(OCC)c2)cc1. The smallest absolute Gasteiger partial charge is 0.329 e. The molecule has 10 nitrogen and oxygen atoms in total. The van der Waals surface area contributed by atoms with E-state index in [0.29, 0.717) is 52.4 Å². The van der Waals surface area contributed by atoms with E-state index in [-0.39, 0.29) is 12.5 Å². The zero-order chi connectivity index (χ0) is 28.9. The number of ether oxygens (including phenoxy) is 3. The number of hydrazone groups is 1. The van der Waals surface area contributed by atoms with E-state index in [1.807, 2.05) is 6.92 Å². The first-order valence-electron chi connectivity index (χ1n) is 12.2. The monoisotopic (exact) mass is 564 g/mol. The molecule has 40 heavy (non-hydrogen) atoms. The summed E-state index contributed by atoms with van der Waals surface area (Å²) in [6, 6.07) is 16.6. The molecule has 208 valence electrons. The van der Waals surface area contributed by atoms with Crippen LogP contribution in [0.2, 0.25) is 5.02 Å². The number of rotatable bonds is 12. The minimum absolute atomic E-state index is 0.255. The van der Waals surface area contributed by atoms with Crippen LogP contribution in [0.1, 0.15) is 18.1 Å². The molecule has 3 aromatic carbocycles. The Bertz CT molecular complexity index is 1390. The highest BCUT2D eigenvalue weighted by molar-refractivity contribution is 6.39. The second-order valence-corrected chi connectivity index (χ2v) is 8.62. The van der Waals surface area contributed by atoms with E-state index in [0.717, 1.165) is 5.56 Å².